The van der Waals surface area contributed by atoms with Crippen LogP contribution in [0.4, 0.5) is 0 Å². The quantitative estimate of drug-likeness (QED) is 0.649. The molecule has 6 heteroatoms. The van der Waals surface area contributed by atoms with Gasteiger partial charge in [-0.3, -0.25) is 14.5 Å². The van der Waals surface area contributed by atoms with Crippen LogP contribution in [0.5, 0.6) is 0 Å². The average Bonchev–Trinajstić information content (AvgIpc) is 3.10. The van der Waals surface area contributed by atoms with Crippen LogP contribution in [0.15, 0.2) is 54.6 Å². The molecule has 4 bridgehead atoms. The lowest BCUT2D eigenvalue weighted by atomic mass is 9.57. The minimum atomic E-state index is -0.838. The van der Waals surface area contributed by atoms with Crippen LogP contribution in [-0.4, -0.2) is 34.8 Å². The zero-order valence-corrected chi connectivity index (χ0v) is 20.0. The number of fused-ring (bicyclic) bond motifs is 1. The van der Waals surface area contributed by atoms with Gasteiger partial charge in [-0.25, -0.2) is 0 Å². The van der Waals surface area contributed by atoms with Gasteiger partial charge in [-0.2, -0.15) is 0 Å². The van der Waals surface area contributed by atoms with E-state index in [0.29, 0.717) is 12.5 Å². The molecule has 3 heterocycles. The molecule has 174 valence electrons. The minimum absolute atomic E-state index is 0.0353. The monoisotopic (exact) mass is 465 g/mol. The summed E-state index contributed by atoms with van der Waals surface area (Å²) in [5.74, 6) is 0.701. The standard InChI is InChI=1S/C27H32ClN3O2/c1-17(2)12-22-24-23-20(16-31(24)15-19-8-10-21(28)11-9-19)13-27(22,30-25(23)32)26(33)29-14-18-6-4-3-5-7-18/h3-11,17,20,22-24H,12-16H2,1-2H3,(H,29,33)(H,30,32)/t20-,22+,23-,24-,27+/m1/s1. The second kappa shape index (κ2) is 8.77. The van der Waals surface area contributed by atoms with Crippen molar-refractivity contribution in [3.05, 3.63) is 70.7 Å². The Kier molecular flexibility index (Phi) is 5.96. The van der Waals surface area contributed by atoms with Crippen LogP contribution >= 0.6 is 11.6 Å². The third-order valence-electron chi connectivity index (χ3n) is 7.77. The molecule has 4 fully saturated rings. The van der Waals surface area contributed by atoms with Crippen molar-refractivity contribution in [2.75, 3.05) is 6.54 Å². The van der Waals surface area contributed by atoms with Gasteiger partial charge in [0.2, 0.25) is 11.8 Å². The van der Waals surface area contributed by atoms with Crippen LogP contribution in [-0.2, 0) is 22.7 Å². The third-order valence-corrected chi connectivity index (χ3v) is 8.02. The van der Waals surface area contributed by atoms with Gasteiger partial charge in [-0.15, -0.1) is 0 Å². The van der Waals surface area contributed by atoms with E-state index in [1.54, 1.807) is 0 Å². The highest BCUT2D eigenvalue weighted by Crippen LogP contribution is 2.54. The van der Waals surface area contributed by atoms with Crippen molar-refractivity contribution in [3.63, 3.8) is 0 Å². The van der Waals surface area contributed by atoms with Crippen molar-refractivity contribution in [1.29, 1.82) is 0 Å². The van der Waals surface area contributed by atoms with E-state index in [1.807, 2.05) is 42.5 Å². The molecule has 2 N–H and O–H groups in total. The SMILES string of the molecule is CC(C)C[C@H]1[C@@H]2[C@@H]3C(=O)N[C@@]1(C(=O)NCc1ccccc1)C[C@@H]3CN2Cc1ccc(Cl)cc1. The summed E-state index contributed by atoms with van der Waals surface area (Å²) in [5.41, 5.74) is 1.41. The van der Waals surface area contributed by atoms with Gasteiger partial charge in [0.15, 0.2) is 0 Å². The molecule has 4 aliphatic rings. The Balaban J connectivity index is 1.43. The predicted molar refractivity (Wildman–Crippen MR) is 129 cm³/mol. The molecule has 6 rings (SSSR count). The summed E-state index contributed by atoms with van der Waals surface area (Å²) in [6.07, 6.45) is 1.62. The van der Waals surface area contributed by atoms with Crippen LogP contribution < -0.4 is 10.6 Å². The molecule has 0 unspecified atom stereocenters. The van der Waals surface area contributed by atoms with Crippen molar-refractivity contribution >= 4 is 23.4 Å². The second-order valence-electron chi connectivity index (χ2n) is 10.4. The van der Waals surface area contributed by atoms with E-state index in [2.05, 4.69) is 41.5 Å². The van der Waals surface area contributed by atoms with Gasteiger partial charge < -0.3 is 10.6 Å². The van der Waals surface area contributed by atoms with E-state index in [0.717, 1.165) is 36.5 Å². The van der Waals surface area contributed by atoms with Gasteiger partial charge in [0.25, 0.3) is 0 Å². The van der Waals surface area contributed by atoms with Crippen molar-refractivity contribution in [1.82, 2.24) is 15.5 Å². The maximum absolute atomic E-state index is 13.7. The first-order valence-electron chi connectivity index (χ1n) is 12.0. The molecule has 0 radical (unpaired) electrons. The molecule has 3 aliphatic heterocycles. The number of likely N-dealkylation sites (tertiary alicyclic amines) is 1. The highest BCUT2D eigenvalue weighted by atomic mass is 35.5. The number of hydrogen-bond acceptors (Lipinski definition) is 3. The molecule has 33 heavy (non-hydrogen) atoms. The smallest absolute Gasteiger partial charge is 0.246 e. The normalized spacial score (nSPS) is 30.5. The Morgan fingerprint density at radius 2 is 1.88 bits per heavy atom. The number of carbonyl (C=O) groups excluding carboxylic acids is 2. The summed E-state index contributed by atoms with van der Waals surface area (Å²) in [6.45, 7) is 6.51. The fourth-order valence-electron chi connectivity index (χ4n) is 6.51. The number of piperidine rings is 2. The Hall–Kier alpha value is -2.37. The molecule has 0 spiro atoms. The maximum Gasteiger partial charge on any atom is 0.246 e. The van der Waals surface area contributed by atoms with E-state index in [1.165, 1.54) is 5.56 Å². The number of nitrogens with zero attached hydrogens (tertiary/aromatic N) is 1. The van der Waals surface area contributed by atoms with Crippen molar-refractivity contribution in [3.8, 4) is 0 Å². The zero-order valence-electron chi connectivity index (χ0n) is 19.3. The van der Waals surface area contributed by atoms with E-state index in [9.17, 15) is 9.59 Å². The molecule has 3 saturated heterocycles. The summed E-state index contributed by atoms with van der Waals surface area (Å²) >= 11 is 6.08. The fourth-order valence-corrected chi connectivity index (χ4v) is 6.63. The summed E-state index contributed by atoms with van der Waals surface area (Å²) in [7, 11) is 0. The Bertz CT molecular complexity index is 1030. The predicted octanol–water partition coefficient (Wildman–Crippen LogP) is 4.01. The van der Waals surface area contributed by atoms with Gasteiger partial charge in [0, 0.05) is 36.6 Å². The van der Waals surface area contributed by atoms with Crippen molar-refractivity contribution < 1.29 is 9.59 Å². The van der Waals surface area contributed by atoms with Crippen LogP contribution in [0.3, 0.4) is 0 Å². The van der Waals surface area contributed by atoms with Crippen LogP contribution in [0.2, 0.25) is 5.02 Å². The number of nitrogens with one attached hydrogen (secondary N) is 2. The summed E-state index contributed by atoms with van der Waals surface area (Å²) in [6, 6.07) is 18.0. The van der Waals surface area contributed by atoms with Gasteiger partial charge in [0.1, 0.15) is 5.54 Å². The molecule has 1 aliphatic carbocycles. The highest BCUT2D eigenvalue weighted by Gasteiger charge is 2.67. The number of benzene rings is 2. The van der Waals surface area contributed by atoms with Crippen molar-refractivity contribution in [2.45, 2.75) is 51.4 Å². The van der Waals surface area contributed by atoms with E-state index < -0.39 is 5.54 Å². The number of hydrogen-bond donors (Lipinski definition) is 2. The molecule has 2 aromatic rings. The fraction of sp³-hybridized carbons (Fsp3) is 0.481. The van der Waals surface area contributed by atoms with Gasteiger partial charge >= 0.3 is 0 Å². The molecule has 0 aromatic heterocycles. The lowest BCUT2D eigenvalue weighted by Crippen LogP contribution is -2.75. The van der Waals surface area contributed by atoms with Crippen LogP contribution in [0.25, 0.3) is 0 Å². The Labute approximate surface area is 200 Å². The van der Waals surface area contributed by atoms with E-state index >= 15 is 0 Å². The number of amides is 2. The van der Waals surface area contributed by atoms with Crippen LogP contribution in [0, 0.1) is 23.7 Å². The molecule has 1 saturated carbocycles. The lowest BCUT2D eigenvalue weighted by molar-refractivity contribution is -0.155. The van der Waals surface area contributed by atoms with Crippen LogP contribution in [0.1, 0.15) is 37.8 Å². The molecular formula is C27H32ClN3O2. The molecule has 5 nitrogen and oxygen atoms in total. The van der Waals surface area contributed by atoms with Crippen molar-refractivity contribution in [2.24, 2.45) is 23.7 Å². The summed E-state index contributed by atoms with van der Waals surface area (Å²) < 4.78 is 0. The zero-order chi connectivity index (χ0) is 23.2. The number of halogens is 1. The van der Waals surface area contributed by atoms with E-state index in [4.69, 9.17) is 11.6 Å². The van der Waals surface area contributed by atoms with E-state index in [-0.39, 0.29) is 35.6 Å². The lowest BCUT2D eigenvalue weighted by Gasteiger charge is -2.55. The first-order chi connectivity index (χ1) is 15.9. The minimum Gasteiger partial charge on any atom is -0.350 e. The average molecular weight is 466 g/mol. The second-order valence-corrected chi connectivity index (χ2v) is 10.8. The van der Waals surface area contributed by atoms with Gasteiger partial charge in [0.05, 0.1) is 5.92 Å². The summed E-state index contributed by atoms with van der Waals surface area (Å²) in [4.78, 5) is 29.4. The molecule has 5 atom stereocenters. The molecule has 2 aromatic carbocycles. The first-order valence-corrected chi connectivity index (χ1v) is 12.4. The Morgan fingerprint density at radius 3 is 2.58 bits per heavy atom. The largest absolute Gasteiger partial charge is 0.350 e. The topological polar surface area (TPSA) is 61.4 Å². The highest BCUT2D eigenvalue weighted by molar-refractivity contribution is 6.30. The molecular weight excluding hydrogens is 434 g/mol. The third kappa shape index (κ3) is 4.06. The maximum atomic E-state index is 13.7. The number of rotatable bonds is 7. The number of carbonyl (C=O) groups is 2. The first kappa shape index (κ1) is 22.4. The Morgan fingerprint density at radius 1 is 1.15 bits per heavy atom. The summed E-state index contributed by atoms with van der Waals surface area (Å²) in [5, 5.41) is 7.11. The van der Waals surface area contributed by atoms with Gasteiger partial charge in [-0.1, -0.05) is 67.9 Å². The van der Waals surface area contributed by atoms with Gasteiger partial charge in [-0.05, 0) is 47.9 Å². The molecule has 2 amide bonds.